The van der Waals surface area contributed by atoms with E-state index in [2.05, 4.69) is 38.5 Å². The second-order valence-electron chi connectivity index (χ2n) is 3.97. The molecule has 18 heavy (non-hydrogen) atoms. The number of hydrogen-bond donors (Lipinski definition) is 2. The van der Waals surface area contributed by atoms with E-state index in [1.807, 2.05) is 18.2 Å². The summed E-state index contributed by atoms with van der Waals surface area (Å²) >= 11 is 9.23. The molecule has 0 aliphatic heterocycles. The minimum absolute atomic E-state index is 0.0177. The summed E-state index contributed by atoms with van der Waals surface area (Å²) < 4.78 is 1.06. The first kappa shape index (κ1) is 13.5. The van der Waals surface area contributed by atoms with Crippen molar-refractivity contribution in [3.63, 3.8) is 0 Å². The number of aromatic nitrogens is 1. The third kappa shape index (κ3) is 3.53. The number of hydrazine groups is 1. The van der Waals surface area contributed by atoms with E-state index in [9.17, 15) is 0 Å². The summed E-state index contributed by atoms with van der Waals surface area (Å²) in [5.41, 5.74) is 5.02. The number of nitrogens with zero attached hydrogens (tertiary/aromatic N) is 1. The van der Waals surface area contributed by atoms with E-state index in [1.165, 1.54) is 5.56 Å². The van der Waals surface area contributed by atoms with E-state index < -0.39 is 0 Å². The van der Waals surface area contributed by atoms with Gasteiger partial charge in [-0.1, -0.05) is 45.7 Å². The van der Waals surface area contributed by atoms with Crippen molar-refractivity contribution in [3.05, 3.63) is 63.3 Å². The van der Waals surface area contributed by atoms with Gasteiger partial charge >= 0.3 is 0 Å². The number of hydrogen-bond acceptors (Lipinski definition) is 3. The molecule has 0 amide bonds. The fourth-order valence-corrected chi connectivity index (χ4v) is 2.32. The van der Waals surface area contributed by atoms with Crippen LogP contribution in [0.5, 0.6) is 0 Å². The van der Waals surface area contributed by atoms with Crippen molar-refractivity contribution in [2.45, 2.75) is 12.5 Å². The van der Waals surface area contributed by atoms with Crippen LogP contribution in [0.3, 0.4) is 0 Å². The zero-order chi connectivity index (χ0) is 13.0. The van der Waals surface area contributed by atoms with Crippen LogP contribution in [0.2, 0.25) is 5.15 Å². The van der Waals surface area contributed by atoms with E-state index in [4.69, 9.17) is 17.4 Å². The maximum absolute atomic E-state index is 5.77. The molecule has 0 aliphatic carbocycles. The van der Waals surface area contributed by atoms with Crippen molar-refractivity contribution in [1.29, 1.82) is 0 Å². The van der Waals surface area contributed by atoms with Crippen LogP contribution in [0.25, 0.3) is 0 Å². The molecule has 2 aromatic rings. The largest absolute Gasteiger partial charge is 0.271 e. The van der Waals surface area contributed by atoms with Crippen LogP contribution in [0, 0.1) is 0 Å². The first-order chi connectivity index (χ1) is 8.69. The smallest absolute Gasteiger partial charge is 0.129 e. The summed E-state index contributed by atoms with van der Waals surface area (Å²) in [6.07, 6.45) is 2.53. The number of benzene rings is 1. The molecular weight excluding hydrogens is 314 g/mol. The van der Waals surface area contributed by atoms with Gasteiger partial charge in [0.25, 0.3) is 0 Å². The van der Waals surface area contributed by atoms with Crippen molar-refractivity contribution in [1.82, 2.24) is 10.4 Å². The van der Waals surface area contributed by atoms with E-state index in [0.29, 0.717) is 5.15 Å². The Morgan fingerprint density at radius 2 is 2.17 bits per heavy atom. The van der Waals surface area contributed by atoms with Gasteiger partial charge < -0.3 is 0 Å². The van der Waals surface area contributed by atoms with Crippen molar-refractivity contribution in [2.24, 2.45) is 5.84 Å². The lowest BCUT2D eigenvalue weighted by Gasteiger charge is -2.16. The van der Waals surface area contributed by atoms with Crippen LogP contribution < -0.4 is 11.3 Å². The van der Waals surface area contributed by atoms with Gasteiger partial charge in [-0.15, -0.1) is 0 Å². The van der Waals surface area contributed by atoms with Crippen molar-refractivity contribution in [3.8, 4) is 0 Å². The summed E-state index contributed by atoms with van der Waals surface area (Å²) in [7, 11) is 0. The first-order valence-electron chi connectivity index (χ1n) is 5.51. The summed E-state index contributed by atoms with van der Waals surface area (Å²) in [6.45, 7) is 0. The maximum Gasteiger partial charge on any atom is 0.129 e. The van der Waals surface area contributed by atoms with Crippen molar-refractivity contribution >= 4 is 27.5 Å². The van der Waals surface area contributed by atoms with Gasteiger partial charge in [0.2, 0.25) is 0 Å². The molecule has 1 unspecified atom stereocenters. The molecule has 94 valence electrons. The van der Waals surface area contributed by atoms with Gasteiger partial charge in [-0.3, -0.25) is 11.3 Å². The van der Waals surface area contributed by atoms with Crippen LogP contribution in [0.15, 0.2) is 47.1 Å². The second kappa shape index (κ2) is 6.29. The maximum atomic E-state index is 5.77. The van der Waals surface area contributed by atoms with E-state index in [-0.39, 0.29) is 6.04 Å². The van der Waals surface area contributed by atoms with Gasteiger partial charge in [0.15, 0.2) is 0 Å². The standard InChI is InChI=1S/C13H13BrClN3/c14-11-3-1-2-9(6-11)7-12(18-16)10-4-5-13(15)17-8-10/h1-6,8,12,18H,7,16H2. The number of halogens is 2. The van der Waals surface area contributed by atoms with Gasteiger partial charge in [0.1, 0.15) is 5.15 Å². The topological polar surface area (TPSA) is 50.9 Å². The molecule has 0 spiro atoms. The molecule has 2 rings (SSSR count). The highest BCUT2D eigenvalue weighted by atomic mass is 79.9. The molecule has 0 saturated heterocycles. The third-order valence-electron chi connectivity index (χ3n) is 2.68. The molecule has 3 nitrogen and oxygen atoms in total. The van der Waals surface area contributed by atoms with Crippen LogP contribution in [-0.4, -0.2) is 4.98 Å². The van der Waals surface area contributed by atoms with Crippen LogP contribution in [0.4, 0.5) is 0 Å². The van der Waals surface area contributed by atoms with Gasteiger partial charge in [0, 0.05) is 10.7 Å². The number of nitrogens with two attached hydrogens (primary N) is 1. The van der Waals surface area contributed by atoms with E-state index in [0.717, 1.165) is 16.5 Å². The highest BCUT2D eigenvalue weighted by molar-refractivity contribution is 9.10. The Labute approximate surface area is 119 Å². The monoisotopic (exact) mass is 325 g/mol. The average Bonchev–Trinajstić information content (AvgIpc) is 2.37. The number of nitrogens with one attached hydrogen (secondary N) is 1. The predicted molar refractivity (Wildman–Crippen MR) is 77.2 cm³/mol. The fourth-order valence-electron chi connectivity index (χ4n) is 1.77. The Kier molecular flexibility index (Phi) is 4.72. The average molecular weight is 327 g/mol. The van der Waals surface area contributed by atoms with Gasteiger partial charge in [-0.05, 0) is 35.7 Å². The fraction of sp³-hybridized carbons (Fsp3) is 0.154. The normalized spacial score (nSPS) is 12.4. The number of rotatable bonds is 4. The molecule has 0 radical (unpaired) electrons. The minimum atomic E-state index is 0.0177. The number of pyridine rings is 1. The lowest BCUT2D eigenvalue weighted by atomic mass is 10.0. The Hall–Kier alpha value is -0.940. The molecule has 3 N–H and O–H groups in total. The first-order valence-corrected chi connectivity index (χ1v) is 6.68. The molecule has 1 atom stereocenters. The summed E-state index contributed by atoms with van der Waals surface area (Å²) in [5, 5.41) is 0.483. The molecule has 1 aromatic heterocycles. The Bertz CT molecular complexity index is 516. The Morgan fingerprint density at radius 3 is 2.78 bits per heavy atom. The van der Waals surface area contributed by atoms with Crippen molar-refractivity contribution < 1.29 is 0 Å². The van der Waals surface area contributed by atoms with Gasteiger partial charge in [-0.2, -0.15) is 0 Å². The van der Waals surface area contributed by atoms with Gasteiger partial charge in [-0.25, -0.2) is 4.98 Å². The SMILES string of the molecule is NNC(Cc1cccc(Br)c1)c1ccc(Cl)nc1. The van der Waals surface area contributed by atoms with E-state index >= 15 is 0 Å². The van der Waals surface area contributed by atoms with Crippen LogP contribution in [0.1, 0.15) is 17.2 Å². The predicted octanol–water partition coefficient (Wildman–Crippen LogP) is 3.24. The molecule has 0 bridgehead atoms. The molecule has 5 heteroatoms. The molecule has 1 aromatic carbocycles. The highest BCUT2D eigenvalue weighted by Crippen LogP contribution is 2.20. The summed E-state index contributed by atoms with van der Waals surface area (Å²) in [5.74, 6) is 5.61. The zero-order valence-electron chi connectivity index (χ0n) is 9.61. The quantitative estimate of drug-likeness (QED) is 0.515. The second-order valence-corrected chi connectivity index (χ2v) is 5.27. The molecular formula is C13H13BrClN3. The zero-order valence-corrected chi connectivity index (χ0v) is 11.9. The van der Waals surface area contributed by atoms with E-state index in [1.54, 1.807) is 12.3 Å². The lowest BCUT2D eigenvalue weighted by Crippen LogP contribution is -2.29. The third-order valence-corrected chi connectivity index (χ3v) is 3.40. The molecule has 0 saturated carbocycles. The molecule has 1 heterocycles. The van der Waals surface area contributed by atoms with Crippen LogP contribution >= 0.6 is 27.5 Å². The Morgan fingerprint density at radius 1 is 1.33 bits per heavy atom. The van der Waals surface area contributed by atoms with Crippen molar-refractivity contribution in [2.75, 3.05) is 0 Å². The highest BCUT2D eigenvalue weighted by Gasteiger charge is 2.11. The Balaban J connectivity index is 2.17. The molecule has 0 fully saturated rings. The van der Waals surface area contributed by atoms with Crippen LogP contribution in [-0.2, 0) is 6.42 Å². The lowest BCUT2D eigenvalue weighted by molar-refractivity contribution is 0.550. The van der Waals surface area contributed by atoms with Gasteiger partial charge in [0.05, 0.1) is 6.04 Å². The summed E-state index contributed by atoms with van der Waals surface area (Å²) in [6, 6.07) is 11.9. The summed E-state index contributed by atoms with van der Waals surface area (Å²) in [4.78, 5) is 4.07. The molecule has 0 aliphatic rings. The minimum Gasteiger partial charge on any atom is -0.271 e.